The molecule has 104 valence electrons. The first kappa shape index (κ1) is 14.1. The van der Waals surface area contributed by atoms with Crippen molar-refractivity contribution < 1.29 is 9.53 Å². The molecule has 2 heterocycles. The predicted octanol–water partition coefficient (Wildman–Crippen LogP) is 2.24. The molecule has 0 unspecified atom stereocenters. The maximum atomic E-state index is 11.9. The fourth-order valence-electron chi connectivity index (χ4n) is 1.68. The molecule has 0 bridgehead atoms. The standard InChI is InChI=1S/C13H13ClN4O2/c1-15-12(19)10-8(5-7-16-11(10)14)18-9-4-3-6-17-13(9)20-2/h3-7H,1-2H3,(H,15,19)(H,16,18). The van der Waals surface area contributed by atoms with E-state index in [0.29, 0.717) is 17.3 Å². The Labute approximate surface area is 121 Å². The Morgan fingerprint density at radius 3 is 2.75 bits per heavy atom. The lowest BCUT2D eigenvalue weighted by molar-refractivity contribution is 0.0963. The summed E-state index contributed by atoms with van der Waals surface area (Å²) in [6.07, 6.45) is 3.13. The largest absolute Gasteiger partial charge is 0.480 e. The highest BCUT2D eigenvalue weighted by Gasteiger charge is 2.16. The summed E-state index contributed by atoms with van der Waals surface area (Å²) >= 11 is 5.98. The van der Waals surface area contributed by atoms with Crippen LogP contribution in [0, 0.1) is 0 Å². The number of hydrogen-bond acceptors (Lipinski definition) is 5. The molecular formula is C13H13ClN4O2. The summed E-state index contributed by atoms with van der Waals surface area (Å²) < 4.78 is 5.15. The van der Waals surface area contributed by atoms with Crippen LogP contribution < -0.4 is 15.4 Å². The van der Waals surface area contributed by atoms with E-state index in [4.69, 9.17) is 16.3 Å². The number of amides is 1. The minimum Gasteiger partial charge on any atom is -0.480 e. The number of methoxy groups -OCH3 is 1. The van der Waals surface area contributed by atoms with E-state index in [2.05, 4.69) is 20.6 Å². The summed E-state index contributed by atoms with van der Waals surface area (Å²) in [6.45, 7) is 0. The van der Waals surface area contributed by atoms with Gasteiger partial charge < -0.3 is 15.4 Å². The first-order valence-electron chi connectivity index (χ1n) is 5.80. The molecule has 2 aromatic heterocycles. The van der Waals surface area contributed by atoms with Gasteiger partial charge in [-0.2, -0.15) is 0 Å². The normalized spacial score (nSPS) is 9.95. The number of carbonyl (C=O) groups is 1. The number of rotatable bonds is 4. The molecule has 7 heteroatoms. The van der Waals surface area contributed by atoms with Crippen LogP contribution in [0.4, 0.5) is 11.4 Å². The van der Waals surface area contributed by atoms with Crippen molar-refractivity contribution in [1.82, 2.24) is 15.3 Å². The Morgan fingerprint density at radius 1 is 1.25 bits per heavy atom. The van der Waals surface area contributed by atoms with Crippen LogP contribution in [0.3, 0.4) is 0 Å². The van der Waals surface area contributed by atoms with Gasteiger partial charge >= 0.3 is 0 Å². The lowest BCUT2D eigenvalue weighted by Crippen LogP contribution is -2.20. The highest BCUT2D eigenvalue weighted by atomic mass is 35.5. The first-order chi connectivity index (χ1) is 9.67. The first-order valence-corrected chi connectivity index (χ1v) is 6.17. The van der Waals surface area contributed by atoms with Crippen LogP contribution in [-0.4, -0.2) is 30.0 Å². The van der Waals surface area contributed by atoms with Crippen LogP contribution in [0.2, 0.25) is 5.15 Å². The topological polar surface area (TPSA) is 76.1 Å². The minimum atomic E-state index is -0.326. The summed E-state index contributed by atoms with van der Waals surface area (Å²) in [5.41, 5.74) is 1.42. The number of anilines is 2. The summed E-state index contributed by atoms with van der Waals surface area (Å²) in [6, 6.07) is 5.20. The summed E-state index contributed by atoms with van der Waals surface area (Å²) in [5, 5.41) is 5.72. The van der Waals surface area contributed by atoms with Crippen molar-refractivity contribution in [2.75, 3.05) is 19.5 Å². The number of aromatic nitrogens is 2. The highest BCUT2D eigenvalue weighted by molar-refractivity contribution is 6.33. The number of ether oxygens (including phenoxy) is 1. The zero-order chi connectivity index (χ0) is 14.5. The molecule has 0 spiro atoms. The molecule has 1 amide bonds. The van der Waals surface area contributed by atoms with Crippen LogP contribution in [0.5, 0.6) is 5.88 Å². The molecule has 0 atom stereocenters. The molecule has 2 rings (SSSR count). The number of pyridine rings is 2. The van der Waals surface area contributed by atoms with Crippen LogP contribution in [0.1, 0.15) is 10.4 Å². The number of nitrogens with zero attached hydrogens (tertiary/aromatic N) is 2. The molecule has 20 heavy (non-hydrogen) atoms. The van der Waals surface area contributed by atoms with Crippen molar-refractivity contribution in [3.05, 3.63) is 41.3 Å². The van der Waals surface area contributed by atoms with Crippen LogP contribution in [-0.2, 0) is 0 Å². The van der Waals surface area contributed by atoms with Gasteiger partial charge in [0.1, 0.15) is 16.4 Å². The number of carbonyl (C=O) groups excluding carboxylic acids is 1. The van der Waals surface area contributed by atoms with Crippen molar-refractivity contribution in [3.8, 4) is 5.88 Å². The van der Waals surface area contributed by atoms with E-state index >= 15 is 0 Å². The van der Waals surface area contributed by atoms with E-state index in [1.54, 1.807) is 24.4 Å². The maximum absolute atomic E-state index is 11.9. The maximum Gasteiger partial charge on any atom is 0.256 e. The molecule has 0 aromatic carbocycles. The van der Waals surface area contributed by atoms with Crippen molar-refractivity contribution in [1.29, 1.82) is 0 Å². The third-order valence-electron chi connectivity index (χ3n) is 2.59. The highest BCUT2D eigenvalue weighted by Crippen LogP contribution is 2.29. The van der Waals surface area contributed by atoms with Gasteiger partial charge in [0.2, 0.25) is 5.88 Å². The van der Waals surface area contributed by atoms with Crippen LogP contribution in [0.15, 0.2) is 30.6 Å². The van der Waals surface area contributed by atoms with E-state index in [0.717, 1.165) is 0 Å². The molecule has 0 saturated heterocycles. The average molecular weight is 293 g/mol. The smallest absolute Gasteiger partial charge is 0.256 e. The Kier molecular flexibility index (Phi) is 4.37. The minimum absolute atomic E-state index is 0.122. The zero-order valence-electron chi connectivity index (χ0n) is 11.0. The molecule has 0 aliphatic carbocycles. The quantitative estimate of drug-likeness (QED) is 0.845. The van der Waals surface area contributed by atoms with Gasteiger partial charge in [-0.05, 0) is 18.2 Å². The van der Waals surface area contributed by atoms with Crippen LogP contribution >= 0.6 is 11.6 Å². The van der Waals surface area contributed by atoms with Gasteiger partial charge in [-0.15, -0.1) is 0 Å². The van der Waals surface area contributed by atoms with Crippen molar-refractivity contribution >= 4 is 28.9 Å². The molecule has 0 saturated carbocycles. The van der Waals surface area contributed by atoms with Gasteiger partial charge in [-0.1, -0.05) is 11.6 Å². The second-order valence-corrected chi connectivity index (χ2v) is 4.15. The summed E-state index contributed by atoms with van der Waals surface area (Å²) in [4.78, 5) is 19.9. The van der Waals surface area contributed by atoms with Crippen LogP contribution in [0.25, 0.3) is 0 Å². The Hall–Kier alpha value is -2.34. The van der Waals surface area contributed by atoms with E-state index in [-0.39, 0.29) is 16.6 Å². The predicted molar refractivity (Wildman–Crippen MR) is 76.7 cm³/mol. The Balaban J connectivity index is 2.43. The molecular weight excluding hydrogens is 280 g/mol. The molecule has 0 aliphatic heterocycles. The van der Waals surface area contributed by atoms with Gasteiger partial charge in [-0.3, -0.25) is 4.79 Å². The number of hydrogen-bond donors (Lipinski definition) is 2. The second-order valence-electron chi connectivity index (χ2n) is 3.79. The lowest BCUT2D eigenvalue weighted by atomic mass is 10.2. The van der Waals surface area contributed by atoms with Crippen molar-refractivity contribution in [2.24, 2.45) is 0 Å². The van der Waals surface area contributed by atoms with Crippen molar-refractivity contribution in [3.63, 3.8) is 0 Å². The van der Waals surface area contributed by atoms with Gasteiger partial charge in [0.05, 0.1) is 12.8 Å². The fourth-order valence-corrected chi connectivity index (χ4v) is 1.92. The van der Waals surface area contributed by atoms with Gasteiger partial charge in [-0.25, -0.2) is 9.97 Å². The number of halogens is 1. The fraction of sp³-hybridized carbons (Fsp3) is 0.154. The van der Waals surface area contributed by atoms with E-state index in [1.807, 2.05) is 0 Å². The van der Waals surface area contributed by atoms with E-state index in [1.165, 1.54) is 20.4 Å². The lowest BCUT2D eigenvalue weighted by Gasteiger charge is -2.13. The monoisotopic (exact) mass is 292 g/mol. The van der Waals surface area contributed by atoms with Gasteiger partial charge in [0.25, 0.3) is 5.91 Å². The average Bonchev–Trinajstić information content (AvgIpc) is 2.47. The number of nitrogens with one attached hydrogen (secondary N) is 2. The second kappa shape index (κ2) is 6.21. The third-order valence-corrected chi connectivity index (χ3v) is 2.88. The Morgan fingerprint density at radius 2 is 2.05 bits per heavy atom. The molecule has 6 nitrogen and oxygen atoms in total. The Bertz CT molecular complexity index is 634. The zero-order valence-corrected chi connectivity index (χ0v) is 11.7. The van der Waals surface area contributed by atoms with E-state index in [9.17, 15) is 4.79 Å². The molecule has 0 fully saturated rings. The molecule has 2 aromatic rings. The summed E-state index contributed by atoms with van der Waals surface area (Å²) in [5.74, 6) is 0.0942. The van der Waals surface area contributed by atoms with Gasteiger partial charge in [0, 0.05) is 19.4 Å². The SMILES string of the molecule is CNC(=O)c1c(Nc2cccnc2OC)ccnc1Cl. The van der Waals surface area contributed by atoms with Gasteiger partial charge in [0.15, 0.2) is 0 Å². The van der Waals surface area contributed by atoms with E-state index < -0.39 is 0 Å². The third kappa shape index (κ3) is 2.80. The van der Waals surface area contributed by atoms with Crippen molar-refractivity contribution in [2.45, 2.75) is 0 Å². The summed E-state index contributed by atoms with van der Waals surface area (Å²) in [7, 11) is 3.05. The molecule has 2 N–H and O–H groups in total. The molecule has 0 radical (unpaired) electrons. The molecule has 0 aliphatic rings.